The van der Waals surface area contributed by atoms with Gasteiger partial charge in [0.1, 0.15) is 0 Å². The van der Waals surface area contributed by atoms with E-state index in [0.717, 1.165) is 4.90 Å². The van der Waals surface area contributed by atoms with Crippen molar-refractivity contribution in [3.05, 3.63) is 53.6 Å². The van der Waals surface area contributed by atoms with Crippen LogP contribution in [0, 0.1) is 0 Å². The summed E-state index contributed by atoms with van der Waals surface area (Å²) in [4.78, 5) is 23.5. The van der Waals surface area contributed by atoms with Crippen LogP contribution < -0.4 is 5.73 Å². The minimum absolute atomic E-state index is 0.233. The van der Waals surface area contributed by atoms with Crippen LogP contribution in [0.15, 0.2) is 52.3 Å². The lowest BCUT2D eigenvalue weighted by molar-refractivity contribution is 0.0651. The van der Waals surface area contributed by atoms with Gasteiger partial charge < -0.3 is 15.9 Å². The van der Waals surface area contributed by atoms with Crippen LogP contribution in [0.4, 0.5) is 5.69 Å². The number of hydrogen-bond donors (Lipinski definition) is 3. The number of rotatable bonds is 4. The first-order chi connectivity index (χ1) is 9.49. The molecule has 0 amide bonds. The van der Waals surface area contributed by atoms with Crippen molar-refractivity contribution in [2.75, 3.05) is 5.73 Å². The Morgan fingerprint density at radius 2 is 1.60 bits per heavy atom. The minimum Gasteiger partial charge on any atom is -0.478 e. The van der Waals surface area contributed by atoms with E-state index in [0.29, 0.717) is 10.6 Å². The predicted octanol–water partition coefficient (Wildman–Crippen LogP) is 2.82. The molecule has 0 spiro atoms. The number of para-hydroxylation sites is 1. The molecular weight excluding hydrogens is 278 g/mol. The highest BCUT2D eigenvalue weighted by Gasteiger charge is 2.16. The highest BCUT2D eigenvalue weighted by Crippen LogP contribution is 2.32. The van der Waals surface area contributed by atoms with Crippen LogP contribution in [0.1, 0.15) is 20.7 Å². The van der Waals surface area contributed by atoms with Gasteiger partial charge in [-0.15, -0.1) is 0 Å². The molecule has 6 heteroatoms. The van der Waals surface area contributed by atoms with Crippen molar-refractivity contribution in [2.24, 2.45) is 0 Å². The first kappa shape index (κ1) is 14.0. The normalized spacial score (nSPS) is 10.2. The second kappa shape index (κ2) is 5.66. The standard InChI is InChI=1S/C14H11NO4S/c15-11-3-1-2-4-12(11)20-8-5-6-9(13(16)17)10(7-8)14(18)19/h1-7H,15H2,(H,16,17)(H,18,19). The lowest BCUT2D eigenvalue weighted by Crippen LogP contribution is -2.07. The number of hydrogen-bond acceptors (Lipinski definition) is 4. The topological polar surface area (TPSA) is 101 Å². The maximum absolute atomic E-state index is 11.1. The summed E-state index contributed by atoms with van der Waals surface area (Å²) in [6.45, 7) is 0. The Morgan fingerprint density at radius 1 is 0.950 bits per heavy atom. The zero-order chi connectivity index (χ0) is 14.7. The SMILES string of the molecule is Nc1ccccc1Sc1ccc(C(=O)O)c(C(=O)O)c1. The molecule has 0 aliphatic rings. The van der Waals surface area contributed by atoms with Gasteiger partial charge in [-0.2, -0.15) is 0 Å². The van der Waals surface area contributed by atoms with Crippen LogP contribution >= 0.6 is 11.8 Å². The molecule has 0 bridgehead atoms. The first-order valence-electron chi connectivity index (χ1n) is 5.62. The van der Waals surface area contributed by atoms with Gasteiger partial charge in [0.05, 0.1) is 11.1 Å². The zero-order valence-corrected chi connectivity index (χ0v) is 11.1. The van der Waals surface area contributed by atoms with Crippen LogP contribution in [0.3, 0.4) is 0 Å². The molecule has 0 aromatic heterocycles. The maximum Gasteiger partial charge on any atom is 0.336 e. The van der Waals surface area contributed by atoms with E-state index in [1.54, 1.807) is 18.2 Å². The van der Waals surface area contributed by atoms with E-state index in [4.69, 9.17) is 15.9 Å². The molecule has 0 aliphatic heterocycles. The van der Waals surface area contributed by atoms with Gasteiger partial charge in [-0.1, -0.05) is 23.9 Å². The van der Waals surface area contributed by atoms with Gasteiger partial charge in [0.25, 0.3) is 0 Å². The Bertz CT molecular complexity index is 685. The average molecular weight is 289 g/mol. The molecule has 5 nitrogen and oxygen atoms in total. The molecule has 0 aliphatic carbocycles. The van der Waals surface area contributed by atoms with Crippen molar-refractivity contribution in [3.8, 4) is 0 Å². The summed E-state index contributed by atoms with van der Waals surface area (Å²) < 4.78 is 0. The Hall–Kier alpha value is -2.47. The summed E-state index contributed by atoms with van der Waals surface area (Å²) >= 11 is 1.28. The van der Waals surface area contributed by atoms with Crippen molar-refractivity contribution in [3.63, 3.8) is 0 Å². The summed E-state index contributed by atoms with van der Waals surface area (Å²) in [6.07, 6.45) is 0. The minimum atomic E-state index is -1.27. The van der Waals surface area contributed by atoms with Gasteiger partial charge in [-0.05, 0) is 30.3 Å². The van der Waals surface area contributed by atoms with E-state index in [1.807, 2.05) is 12.1 Å². The van der Waals surface area contributed by atoms with E-state index in [9.17, 15) is 9.59 Å². The van der Waals surface area contributed by atoms with Crippen LogP contribution in [0.25, 0.3) is 0 Å². The highest BCUT2D eigenvalue weighted by atomic mass is 32.2. The number of anilines is 1. The molecule has 0 atom stereocenters. The van der Waals surface area contributed by atoms with Gasteiger partial charge in [-0.25, -0.2) is 9.59 Å². The van der Waals surface area contributed by atoms with Gasteiger partial charge >= 0.3 is 11.9 Å². The molecule has 0 fully saturated rings. The molecule has 20 heavy (non-hydrogen) atoms. The van der Waals surface area contributed by atoms with Crippen LogP contribution in [0.2, 0.25) is 0 Å². The van der Waals surface area contributed by atoms with Crippen LogP contribution in [0.5, 0.6) is 0 Å². The quantitative estimate of drug-likeness (QED) is 0.748. The van der Waals surface area contributed by atoms with E-state index >= 15 is 0 Å². The third-order valence-corrected chi connectivity index (χ3v) is 3.68. The highest BCUT2D eigenvalue weighted by molar-refractivity contribution is 7.99. The Kier molecular flexibility index (Phi) is 3.95. The Labute approximate surface area is 119 Å². The van der Waals surface area contributed by atoms with Crippen molar-refractivity contribution < 1.29 is 19.8 Å². The van der Waals surface area contributed by atoms with E-state index in [2.05, 4.69) is 0 Å². The van der Waals surface area contributed by atoms with Gasteiger partial charge in [0, 0.05) is 15.5 Å². The molecular formula is C14H11NO4S. The summed E-state index contributed by atoms with van der Waals surface area (Å²) in [6, 6.07) is 11.4. The lowest BCUT2D eigenvalue weighted by atomic mass is 10.1. The van der Waals surface area contributed by atoms with Crippen LogP contribution in [-0.4, -0.2) is 22.2 Å². The lowest BCUT2D eigenvalue weighted by Gasteiger charge is -2.07. The Morgan fingerprint density at radius 3 is 2.20 bits per heavy atom. The number of nitrogen functional groups attached to an aromatic ring is 1. The number of nitrogens with two attached hydrogens (primary N) is 1. The molecule has 0 radical (unpaired) electrons. The van der Waals surface area contributed by atoms with Crippen LogP contribution in [-0.2, 0) is 0 Å². The fourth-order valence-electron chi connectivity index (χ4n) is 1.65. The van der Waals surface area contributed by atoms with E-state index in [-0.39, 0.29) is 11.1 Å². The second-order valence-electron chi connectivity index (χ2n) is 3.96. The molecule has 0 heterocycles. The third kappa shape index (κ3) is 2.92. The summed E-state index contributed by atoms with van der Waals surface area (Å²) in [5.41, 5.74) is 5.92. The summed E-state index contributed by atoms with van der Waals surface area (Å²) in [7, 11) is 0. The smallest absolute Gasteiger partial charge is 0.336 e. The maximum atomic E-state index is 11.1. The molecule has 0 saturated heterocycles. The largest absolute Gasteiger partial charge is 0.478 e. The monoisotopic (exact) mass is 289 g/mol. The third-order valence-electron chi connectivity index (χ3n) is 2.60. The van der Waals surface area contributed by atoms with Gasteiger partial charge in [-0.3, -0.25) is 0 Å². The van der Waals surface area contributed by atoms with E-state index < -0.39 is 11.9 Å². The number of carboxylic acids is 2. The van der Waals surface area contributed by atoms with Gasteiger partial charge in [0.2, 0.25) is 0 Å². The van der Waals surface area contributed by atoms with Crippen molar-refractivity contribution in [1.82, 2.24) is 0 Å². The molecule has 2 aromatic carbocycles. The molecule has 4 N–H and O–H groups in total. The molecule has 0 unspecified atom stereocenters. The molecule has 2 rings (SSSR count). The van der Waals surface area contributed by atoms with Crippen molar-refractivity contribution in [1.29, 1.82) is 0 Å². The predicted molar refractivity (Wildman–Crippen MR) is 75.3 cm³/mol. The fourth-order valence-corrected chi connectivity index (χ4v) is 2.55. The van der Waals surface area contributed by atoms with Gasteiger partial charge in [0.15, 0.2) is 0 Å². The van der Waals surface area contributed by atoms with Crippen molar-refractivity contribution >= 4 is 29.4 Å². The second-order valence-corrected chi connectivity index (χ2v) is 5.07. The zero-order valence-electron chi connectivity index (χ0n) is 10.2. The Balaban J connectivity index is 2.40. The summed E-state index contributed by atoms with van der Waals surface area (Å²) in [5, 5.41) is 18.0. The van der Waals surface area contributed by atoms with E-state index in [1.165, 1.54) is 23.9 Å². The number of carboxylic acid groups (broad SMARTS) is 2. The molecule has 2 aromatic rings. The number of benzene rings is 2. The molecule has 0 saturated carbocycles. The molecule has 102 valence electrons. The number of aromatic carboxylic acids is 2. The number of carbonyl (C=O) groups is 2. The first-order valence-corrected chi connectivity index (χ1v) is 6.43. The average Bonchev–Trinajstić information content (AvgIpc) is 2.41. The fraction of sp³-hybridized carbons (Fsp3) is 0. The van der Waals surface area contributed by atoms with Crippen molar-refractivity contribution in [2.45, 2.75) is 9.79 Å². The summed E-state index contributed by atoms with van der Waals surface area (Å²) in [5.74, 6) is -2.54.